The smallest absolute Gasteiger partial charge is 0.323 e. The summed E-state index contributed by atoms with van der Waals surface area (Å²) < 4.78 is 5.99. The third kappa shape index (κ3) is 3.42. The zero-order chi connectivity index (χ0) is 17.3. The van der Waals surface area contributed by atoms with Crippen LogP contribution in [0.2, 0.25) is 0 Å². The van der Waals surface area contributed by atoms with E-state index >= 15 is 0 Å². The lowest BCUT2D eigenvalue weighted by Gasteiger charge is -2.09. The molecule has 1 aromatic heterocycles. The summed E-state index contributed by atoms with van der Waals surface area (Å²) in [5.74, 6) is -0.309. The number of aliphatic carboxylic acids is 1. The van der Waals surface area contributed by atoms with Gasteiger partial charge in [0.05, 0.1) is 4.91 Å². The van der Waals surface area contributed by atoms with Gasteiger partial charge in [0.15, 0.2) is 0 Å². The van der Waals surface area contributed by atoms with E-state index < -0.39 is 18.4 Å². The number of rotatable bonds is 4. The minimum atomic E-state index is -1.10. The zero-order valence-electron chi connectivity index (χ0n) is 12.7. The lowest BCUT2D eigenvalue weighted by Crippen LogP contribution is -2.33. The molecule has 1 saturated heterocycles. The Hall–Kier alpha value is -2.38. The summed E-state index contributed by atoms with van der Waals surface area (Å²) in [5.41, 5.74) is 2.10. The van der Waals surface area contributed by atoms with Crippen LogP contribution < -0.4 is 0 Å². The summed E-state index contributed by atoms with van der Waals surface area (Å²) in [6.45, 7) is 1.57. The number of carbonyl (C=O) groups is 2. The highest BCUT2D eigenvalue weighted by Crippen LogP contribution is 2.33. The Morgan fingerprint density at radius 1 is 1.29 bits per heavy atom. The number of furan rings is 1. The van der Waals surface area contributed by atoms with Crippen molar-refractivity contribution < 1.29 is 19.1 Å². The van der Waals surface area contributed by atoms with E-state index in [1.54, 1.807) is 12.1 Å². The lowest BCUT2D eigenvalue weighted by atomic mass is 10.1. The van der Waals surface area contributed by atoms with E-state index in [-0.39, 0.29) is 4.32 Å². The molecular formula is C17H13NO4S2. The van der Waals surface area contributed by atoms with Crippen molar-refractivity contribution in [2.45, 2.75) is 6.92 Å². The molecule has 1 fully saturated rings. The molecule has 122 valence electrons. The van der Waals surface area contributed by atoms with E-state index in [2.05, 4.69) is 0 Å². The summed E-state index contributed by atoms with van der Waals surface area (Å²) >= 11 is 6.13. The van der Waals surface area contributed by atoms with Crippen molar-refractivity contribution >= 4 is 46.3 Å². The number of thioether (sulfide) groups is 1. The van der Waals surface area contributed by atoms with Gasteiger partial charge in [0, 0.05) is 11.6 Å². The second-order valence-corrected chi connectivity index (χ2v) is 6.91. The molecule has 0 bridgehead atoms. The van der Waals surface area contributed by atoms with Gasteiger partial charge in [-0.05, 0) is 19.1 Å². The maximum atomic E-state index is 12.2. The van der Waals surface area contributed by atoms with Gasteiger partial charge in [0.25, 0.3) is 5.91 Å². The van der Waals surface area contributed by atoms with E-state index in [4.69, 9.17) is 21.7 Å². The van der Waals surface area contributed by atoms with Crippen LogP contribution >= 0.6 is 24.0 Å². The minimum absolute atomic E-state index is 0.235. The van der Waals surface area contributed by atoms with E-state index in [1.165, 1.54) is 0 Å². The molecule has 0 unspecified atom stereocenters. The Bertz CT molecular complexity index is 852. The fourth-order valence-corrected chi connectivity index (χ4v) is 3.44. The number of benzene rings is 1. The minimum Gasteiger partial charge on any atom is -0.480 e. The molecule has 24 heavy (non-hydrogen) atoms. The molecule has 1 aliphatic rings. The van der Waals surface area contributed by atoms with E-state index in [0.717, 1.165) is 27.8 Å². The number of hydrogen-bond donors (Lipinski definition) is 1. The summed E-state index contributed by atoms with van der Waals surface area (Å²) in [6, 6.07) is 11.5. The number of carbonyl (C=O) groups excluding carboxylic acids is 1. The van der Waals surface area contributed by atoms with Gasteiger partial charge in [-0.1, -0.05) is 53.8 Å². The Labute approximate surface area is 148 Å². The third-order valence-electron chi connectivity index (χ3n) is 3.40. The standard InChI is InChI=1S/C17H13NO4S2/c1-10-2-4-11(5-3-10)13-7-6-12(22-13)8-14-16(21)18(9-15(19)20)17(23)24-14/h2-8H,9H2,1H3,(H,19,20)/b14-8-. The largest absolute Gasteiger partial charge is 0.480 e. The predicted octanol–water partition coefficient (Wildman–Crippen LogP) is 3.54. The van der Waals surface area contributed by atoms with Gasteiger partial charge in [-0.25, -0.2) is 0 Å². The molecule has 3 rings (SSSR count). The SMILES string of the molecule is Cc1ccc(-c2ccc(/C=C3\SC(=S)N(CC(=O)O)C3=O)o2)cc1. The van der Waals surface area contributed by atoms with Gasteiger partial charge in [0.2, 0.25) is 0 Å². The number of carboxylic acid groups (broad SMARTS) is 1. The molecule has 0 saturated carbocycles. The van der Waals surface area contributed by atoms with Crippen molar-refractivity contribution in [3.63, 3.8) is 0 Å². The highest BCUT2D eigenvalue weighted by molar-refractivity contribution is 8.26. The molecule has 2 heterocycles. The number of aryl methyl sites for hydroxylation is 1. The Balaban J connectivity index is 1.82. The molecule has 2 aromatic rings. The third-order valence-corrected chi connectivity index (χ3v) is 4.78. The van der Waals surface area contributed by atoms with Crippen molar-refractivity contribution in [3.05, 3.63) is 52.6 Å². The van der Waals surface area contributed by atoms with Gasteiger partial charge in [-0.2, -0.15) is 0 Å². The van der Waals surface area contributed by atoms with Crippen molar-refractivity contribution in [1.29, 1.82) is 0 Å². The van der Waals surface area contributed by atoms with Crippen LogP contribution in [0.4, 0.5) is 0 Å². The van der Waals surface area contributed by atoms with Crippen LogP contribution in [-0.2, 0) is 9.59 Å². The number of amides is 1. The maximum absolute atomic E-state index is 12.2. The fraction of sp³-hybridized carbons (Fsp3) is 0.118. The average Bonchev–Trinajstić information content (AvgIpc) is 3.09. The summed E-state index contributed by atoms with van der Waals surface area (Å²) in [5, 5.41) is 8.83. The first-order valence-electron chi connectivity index (χ1n) is 7.08. The Kier molecular flexibility index (Phi) is 4.55. The second kappa shape index (κ2) is 6.62. The Morgan fingerprint density at radius 3 is 2.67 bits per heavy atom. The van der Waals surface area contributed by atoms with Crippen molar-refractivity contribution in [1.82, 2.24) is 4.90 Å². The van der Waals surface area contributed by atoms with Crippen LogP contribution in [0.25, 0.3) is 17.4 Å². The van der Waals surface area contributed by atoms with Crippen molar-refractivity contribution in [3.8, 4) is 11.3 Å². The first-order valence-corrected chi connectivity index (χ1v) is 8.30. The van der Waals surface area contributed by atoms with Gasteiger partial charge in [0.1, 0.15) is 22.4 Å². The van der Waals surface area contributed by atoms with E-state index in [9.17, 15) is 9.59 Å². The van der Waals surface area contributed by atoms with Crippen LogP contribution in [0.15, 0.2) is 45.7 Å². The molecule has 0 atom stereocenters. The molecule has 1 aliphatic heterocycles. The van der Waals surface area contributed by atoms with Crippen molar-refractivity contribution in [2.75, 3.05) is 6.54 Å². The summed E-state index contributed by atoms with van der Waals surface area (Å²) in [7, 11) is 0. The maximum Gasteiger partial charge on any atom is 0.323 e. The van der Waals surface area contributed by atoms with E-state index in [0.29, 0.717) is 16.4 Å². The normalized spacial score (nSPS) is 16.2. The summed E-state index contributed by atoms with van der Waals surface area (Å²) in [6.07, 6.45) is 1.58. The molecule has 5 nitrogen and oxygen atoms in total. The highest BCUT2D eigenvalue weighted by Gasteiger charge is 2.33. The quantitative estimate of drug-likeness (QED) is 0.665. The molecule has 1 aromatic carbocycles. The van der Waals surface area contributed by atoms with Crippen LogP contribution in [-0.4, -0.2) is 32.7 Å². The zero-order valence-corrected chi connectivity index (χ0v) is 14.3. The van der Waals surface area contributed by atoms with Gasteiger partial charge in [-0.3, -0.25) is 14.5 Å². The molecule has 0 aliphatic carbocycles. The van der Waals surface area contributed by atoms with Gasteiger partial charge < -0.3 is 9.52 Å². The number of thiocarbonyl (C=S) groups is 1. The second-order valence-electron chi connectivity index (χ2n) is 5.23. The molecule has 7 heteroatoms. The first-order chi connectivity index (χ1) is 11.4. The average molecular weight is 359 g/mol. The number of carboxylic acids is 1. The van der Waals surface area contributed by atoms with Crippen molar-refractivity contribution in [2.24, 2.45) is 0 Å². The number of hydrogen-bond acceptors (Lipinski definition) is 5. The molecule has 1 amide bonds. The molecular weight excluding hydrogens is 346 g/mol. The lowest BCUT2D eigenvalue weighted by molar-refractivity contribution is -0.140. The fourth-order valence-electron chi connectivity index (χ4n) is 2.20. The van der Waals surface area contributed by atoms with Gasteiger partial charge in [-0.15, -0.1) is 0 Å². The Morgan fingerprint density at radius 2 is 2.00 bits per heavy atom. The summed E-state index contributed by atoms with van der Waals surface area (Å²) in [4.78, 5) is 24.4. The van der Waals surface area contributed by atoms with Crippen LogP contribution in [0, 0.1) is 6.92 Å². The molecule has 1 N–H and O–H groups in total. The highest BCUT2D eigenvalue weighted by atomic mass is 32.2. The van der Waals surface area contributed by atoms with Crippen LogP contribution in [0.3, 0.4) is 0 Å². The number of nitrogens with zero attached hydrogens (tertiary/aromatic N) is 1. The predicted molar refractivity (Wildman–Crippen MR) is 96.4 cm³/mol. The van der Waals surface area contributed by atoms with Crippen LogP contribution in [0.5, 0.6) is 0 Å². The monoisotopic (exact) mass is 359 g/mol. The van der Waals surface area contributed by atoms with Gasteiger partial charge >= 0.3 is 5.97 Å². The first kappa shape index (κ1) is 16.5. The molecule has 0 spiro atoms. The topological polar surface area (TPSA) is 70.8 Å². The van der Waals surface area contributed by atoms with E-state index in [1.807, 2.05) is 37.3 Å². The van der Waals surface area contributed by atoms with Crippen LogP contribution in [0.1, 0.15) is 11.3 Å². The molecule has 0 radical (unpaired) electrons.